The molecule has 0 spiro atoms. The highest BCUT2D eigenvalue weighted by atomic mass is 16.4. The second kappa shape index (κ2) is 6.42. The maximum Gasteiger partial charge on any atom is 0.335 e. The number of hydrogen-bond donors (Lipinski definition) is 2. The molecule has 0 saturated heterocycles. The van der Waals surface area contributed by atoms with Crippen LogP contribution in [0.15, 0.2) is 36.4 Å². The summed E-state index contributed by atoms with van der Waals surface area (Å²) >= 11 is 0. The highest BCUT2D eigenvalue weighted by molar-refractivity contribution is 5.94. The molecule has 2 aromatic carbocycles. The second-order valence-electron chi connectivity index (χ2n) is 4.75. The molecule has 2 N–H and O–H groups in total. The van der Waals surface area contributed by atoms with E-state index in [1.54, 1.807) is 12.1 Å². The van der Waals surface area contributed by atoms with Gasteiger partial charge in [-0.15, -0.1) is 0 Å². The number of benzene rings is 2. The zero-order valence-corrected chi connectivity index (χ0v) is 11.8. The fraction of sp³-hybridized carbons (Fsp3) is 0.0588. The fourth-order valence-corrected chi connectivity index (χ4v) is 2.14. The molecule has 6 heteroatoms. The van der Waals surface area contributed by atoms with Gasteiger partial charge in [0.05, 0.1) is 24.3 Å². The van der Waals surface area contributed by atoms with Crippen molar-refractivity contribution in [2.24, 2.45) is 0 Å². The summed E-state index contributed by atoms with van der Waals surface area (Å²) in [6.07, 6.45) is 0.266. The minimum atomic E-state index is -1.21. The van der Waals surface area contributed by atoms with Gasteiger partial charge in [-0.3, -0.25) is 9.69 Å². The summed E-state index contributed by atoms with van der Waals surface area (Å²) in [4.78, 5) is 28.7. The summed E-state index contributed by atoms with van der Waals surface area (Å²) in [5, 5.41) is 18.1. The van der Waals surface area contributed by atoms with E-state index >= 15 is 0 Å². The maximum atomic E-state index is 11.1. The lowest BCUT2D eigenvalue weighted by molar-refractivity contribution is 0.0696. The molecule has 0 aliphatic heterocycles. The summed E-state index contributed by atoms with van der Waals surface area (Å²) < 4.78 is 0. The first kappa shape index (κ1) is 15.7. The van der Waals surface area contributed by atoms with Crippen LogP contribution in [0.25, 0.3) is 9.69 Å². The van der Waals surface area contributed by atoms with Crippen LogP contribution in [-0.4, -0.2) is 22.2 Å². The molecule has 2 aromatic rings. The van der Waals surface area contributed by atoms with Crippen molar-refractivity contribution in [2.75, 3.05) is 0 Å². The molecule has 0 aliphatic carbocycles. The number of carbonyl (C=O) groups is 2. The zero-order valence-electron chi connectivity index (χ0n) is 11.8. The molecular formula is C17H10N2O4. The number of hydrogen-bond acceptors (Lipinski definition) is 2. The van der Waals surface area contributed by atoms with E-state index in [1.165, 1.54) is 18.2 Å². The molecule has 0 aliphatic rings. The first-order valence-corrected chi connectivity index (χ1v) is 6.43. The van der Waals surface area contributed by atoms with Crippen LogP contribution in [0.3, 0.4) is 0 Å². The van der Waals surface area contributed by atoms with E-state index in [1.807, 2.05) is 0 Å². The Balaban J connectivity index is 2.44. The fourth-order valence-electron chi connectivity index (χ4n) is 2.14. The topological polar surface area (TPSA) is 83.3 Å². The van der Waals surface area contributed by atoms with Gasteiger partial charge in [0.2, 0.25) is 0 Å². The van der Waals surface area contributed by atoms with Crippen LogP contribution in [0, 0.1) is 13.1 Å². The van der Waals surface area contributed by atoms with Gasteiger partial charge < -0.3 is 10.2 Å². The lowest BCUT2D eigenvalue weighted by atomic mass is 9.99. The summed E-state index contributed by atoms with van der Waals surface area (Å²) in [5.41, 5.74) is 1.45. The van der Waals surface area contributed by atoms with E-state index < -0.39 is 11.9 Å². The lowest BCUT2D eigenvalue weighted by Crippen LogP contribution is -2.04. The third-order valence-electron chi connectivity index (χ3n) is 3.18. The minimum absolute atomic E-state index is 0.108. The Labute approximate surface area is 131 Å². The molecule has 0 radical (unpaired) electrons. The smallest absolute Gasteiger partial charge is 0.335 e. The van der Waals surface area contributed by atoms with E-state index in [-0.39, 0.29) is 28.9 Å². The van der Waals surface area contributed by atoms with Crippen LogP contribution in [0.2, 0.25) is 0 Å². The van der Waals surface area contributed by atoms with E-state index in [9.17, 15) is 9.59 Å². The minimum Gasteiger partial charge on any atom is -0.478 e. The van der Waals surface area contributed by atoms with Crippen LogP contribution in [0.4, 0.5) is 11.4 Å². The largest absolute Gasteiger partial charge is 0.478 e. The average Bonchev–Trinajstić information content (AvgIpc) is 2.54. The summed E-state index contributed by atoms with van der Waals surface area (Å²) in [5.74, 6) is -2.42. The Morgan fingerprint density at radius 3 is 1.87 bits per heavy atom. The average molecular weight is 306 g/mol. The van der Waals surface area contributed by atoms with Crippen molar-refractivity contribution in [3.8, 4) is 0 Å². The van der Waals surface area contributed by atoms with Crippen LogP contribution >= 0.6 is 0 Å². The van der Waals surface area contributed by atoms with E-state index in [4.69, 9.17) is 23.4 Å². The molecule has 0 aromatic heterocycles. The van der Waals surface area contributed by atoms with Crippen molar-refractivity contribution in [3.05, 3.63) is 81.5 Å². The number of aromatic carboxylic acids is 2. The Morgan fingerprint density at radius 1 is 0.826 bits per heavy atom. The summed E-state index contributed by atoms with van der Waals surface area (Å²) in [7, 11) is 0. The standard InChI is InChI=1S/C17H10N2O4/c1-18-14-4-3-10(8-15(14)19-2)5-11-6-12(16(20)21)9-13(7-11)17(22)23/h3-4,6-9H,5H2,(H,20,21)(H,22,23). The van der Waals surface area contributed by atoms with Gasteiger partial charge in [0.25, 0.3) is 0 Å². The molecule has 0 heterocycles. The summed E-state index contributed by atoms with van der Waals surface area (Å²) in [6, 6.07) is 8.63. The van der Waals surface area contributed by atoms with E-state index in [0.29, 0.717) is 11.1 Å². The molecule has 6 nitrogen and oxygen atoms in total. The first-order chi connectivity index (χ1) is 10.9. The Hall–Kier alpha value is -3.64. The van der Waals surface area contributed by atoms with E-state index in [2.05, 4.69) is 9.69 Å². The predicted octanol–water partition coefficient (Wildman–Crippen LogP) is 3.78. The Morgan fingerprint density at radius 2 is 1.39 bits per heavy atom. The molecule has 0 unspecified atom stereocenters. The molecule has 0 saturated carbocycles. The quantitative estimate of drug-likeness (QED) is 0.842. The molecule has 23 heavy (non-hydrogen) atoms. The van der Waals surface area contributed by atoms with E-state index in [0.717, 1.165) is 6.07 Å². The predicted molar refractivity (Wildman–Crippen MR) is 82.1 cm³/mol. The number of carboxylic acids is 2. The summed E-state index contributed by atoms with van der Waals surface area (Å²) in [6.45, 7) is 14.1. The van der Waals surface area contributed by atoms with Gasteiger partial charge in [0.1, 0.15) is 0 Å². The van der Waals surface area contributed by atoms with Gasteiger partial charge in [-0.1, -0.05) is 23.8 Å². The second-order valence-corrected chi connectivity index (χ2v) is 4.75. The number of rotatable bonds is 4. The third kappa shape index (κ3) is 3.52. The molecular weight excluding hydrogens is 296 g/mol. The molecule has 0 amide bonds. The van der Waals surface area contributed by atoms with Crippen molar-refractivity contribution in [1.29, 1.82) is 0 Å². The Bertz CT molecular complexity index is 856. The highest BCUT2D eigenvalue weighted by Gasteiger charge is 2.12. The molecule has 0 bridgehead atoms. The van der Waals surface area contributed by atoms with Gasteiger partial charge in [-0.05, 0) is 30.2 Å². The van der Waals surface area contributed by atoms with Gasteiger partial charge in [-0.25, -0.2) is 9.59 Å². The van der Waals surface area contributed by atoms with Crippen LogP contribution in [-0.2, 0) is 6.42 Å². The monoisotopic (exact) mass is 306 g/mol. The van der Waals surface area contributed by atoms with Crippen molar-refractivity contribution in [1.82, 2.24) is 0 Å². The van der Waals surface area contributed by atoms with Crippen LogP contribution < -0.4 is 0 Å². The van der Waals surface area contributed by atoms with Crippen LogP contribution in [0.1, 0.15) is 31.8 Å². The third-order valence-corrected chi connectivity index (χ3v) is 3.18. The normalized spacial score (nSPS) is 9.65. The molecule has 112 valence electrons. The van der Waals surface area contributed by atoms with Gasteiger partial charge >= 0.3 is 11.9 Å². The highest BCUT2D eigenvalue weighted by Crippen LogP contribution is 2.30. The Kier molecular flexibility index (Phi) is 4.39. The van der Waals surface area contributed by atoms with Gasteiger partial charge in [-0.2, -0.15) is 0 Å². The zero-order chi connectivity index (χ0) is 17.0. The maximum absolute atomic E-state index is 11.1. The van der Waals surface area contributed by atoms with Crippen molar-refractivity contribution in [3.63, 3.8) is 0 Å². The SMILES string of the molecule is [C-]#[N+]c1ccc(Cc2cc(C(=O)O)cc(C(=O)O)c2)cc1[N+]#[C-]. The van der Waals surface area contributed by atoms with Crippen LogP contribution in [0.5, 0.6) is 0 Å². The van der Waals surface area contributed by atoms with Crippen molar-refractivity contribution >= 4 is 23.3 Å². The molecule has 0 atom stereocenters. The number of carboxylic acid groups (broad SMARTS) is 2. The van der Waals surface area contributed by atoms with Gasteiger partial charge in [0, 0.05) is 0 Å². The lowest BCUT2D eigenvalue weighted by Gasteiger charge is -2.07. The van der Waals surface area contributed by atoms with Crippen molar-refractivity contribution in [2.45, 2.75) is 6.42 Å². The molecule has 2 rings (SSSR count). The first-order valence-electron chi connectivity index (χ1n) is 6.43. The van der Waals surface area contributed by atoms with Gasteiger partial charge in [0.15, 0.2) is 11.4 Å². The van der Waals surface area contributed by atoms with Crippen molar-refractivity contribution < 1.29 is 19.8 Å². The number of nitrogens with zero attached hydrogens (tertiary/aromatic N) is 2. The molecule has 0 fully saturated rings.